The van der Waals surface area contributed by atoms with Gasteiger partial charge >= 0.3 is 0 Å². The van der Waals surface area contributed by atoms with Crippen LogP contribution in [0.25, 0.3) is 0 Å². The molecular formula is C15H21N5O. The van der Waals surface area contributed by atoms with Crippen molar-refractivity contribution in [3.05, 3.63) is 41.3 Å². The number of anilines is 1. The fraction of sp³-hybridized carbons (Fsp3) is 0.400. The van der Waals surface area contributed by atoms with E-state index in [2.05, 4.69) is 20.7 Å². The summed E-state index contributed by atoms with van der Waals surface area (Å²) >= 11 is 0. The highest BCUT2D eigenvalue weighted by Crippen LogP contribution is 2.10. The van der Waals surface area contributed by atoms with Gasteiger partial charge in [0.1, 0.15) is 5.82 Å². The first kappa shape index (κ1) is 15.0. The van der Waals surface area contributed by atoms with E-state index in [1.807, 2.05) is 31.6 Å². The van der Waals surface area contributed by atoms with Crippen LogP contribution in [0.15, 0.2) is 24.5 Å². The summed E-state index contributed by atoms with van der Waals surface area (Å²) in [6.45, 7) is 7.84. The number of nitrogens with zero attached hydrogens (tertiary/aromatic N) is 3. The fourth-order valence-electron chi connectivity index (χ4n) is 2.05. The number of nitrogens with one attached hydrogen (secondary N) is 2. The molecule has 0 spiro atoms. The average Bonchev–Trinajstić information content (AvgIpc) is 2.84. The van der Waals surface area contributed by atoms with E-state index >= 15 is 0 Å². The van der Waals surface area contributed by atoms with Crippen molar-refractivity contribution in [2.24, 2.45) is 0 Å². The molecule has 0 atom stereocenters. The quantitative estimate of drug-likeness (QED) is 0.849. The first-order chi connectivity index (χ1) is 10.1. The van der Waals surface area contributed by atoms with Crippen LogP contribution in [-0.4, -0.2) is 33.8 Å². The van der Waals surface area contributed by atoms with Crippen molar-refractivity contribution < 1.29 is 4.79 Å². The van der Waals surface area contributed by atoms with Gasteiger partial charge in [0, 0.05) is 30.5 Å². The van der Waals surface area contributed by atoms with Crippen LogP contribution in [0.2, 0.25) is 0 Å². The molecule has 0 radical (unpaired) electrons. The number of rotatable bonds is 6. The zero-order valence-corrected chi connectivity index (χ0v) is 12.7. The Morgan fingerprint density at radius 3 is 2.81 bits per heavy atom. The second-order valence-electron chi connectivity index (χ2n) is 4.95. The highest BCUT2D eigenvalue weighted by molar-refractivity contribution is 5.94. The lowest BCUT2D eigenvalue weighted by molar-refractivity contribution is 0.0952. The van der Waals surface area contributed by atoms with Gasteiger partial charge in [-0.25, -0.2) is 4.98 Å². The van der Waals surface area contributed by atoms with Gasteiger partial charge in [-0.05, 0) is 38.5 Å². The maximum absolute atomic E-state index is 12.2. The number of aryl methyl sites for hydroxylation is 2. The van der Waals surface area contributed by atoms with Gasteiger partial charge in [0.15, 0.2) is 0 Å². The first-order valence-corrected chi connectivity index (χ1v) is 7.08. The molecule has 0 fully saturated rings. The summed E-state index contributed by atoms with van der Waals surface area (Å²) < 4.78 is 1.82. The number of hydrogen-bond acceptors (Lipinski definition) is 4. The van der Waals surface area contributed by atoms with Crippen molar-refractivity contribution in [1.82, 2.24) is 20.1 Å². The lowest BCUT2D eigenvalue weighted by Gasteiger charge is -2.09. The summed E-state index contributed by atoms with van der Waals surface area (Å²) in [6, 6.07) is 3.55. The predicted molar refractivity (Wildman–Crippen MR) is 82.4 cm³/mol. The Hall–Kier alpha value is -2.37. The molecule has 1 amide bonds. The lowest BCUT2D eigenvalue weighted by Crippen LogP contribution is -2.27. The van der Waals surface area contributed by atoms with Gasteiger partial charge in [0.2, 0.25) is 0 Å². The summed E-state index contributed by atoms with van der Waals surface area (Å²) in [5.41, 5.74) is 2.55. The summed E-state index contributed by atoms with van der Waals surface area (Å²) in [7, 11) is 0. The van der Waals surface area contributed by atoms with Crippen molar-refractivity contribution in [2.45, 2.75) is 27.3 Å². The van der Waals surface area contributed by atoms with Crippen LogP contribution in [0, 0.1) is 13.8 Å². The second kappa shape index (κ2) is 6.88. The van der Waals surface area contributed by atoms with Crippen LogP contribution >= 0.6 is 0 Å². The van der Waals surface area contributed by atoms with Gasteiger partial charge < -0.3 is 10.6 Å². The SMILES string of the molecule is CCNc1cc(C(=O)NCCn2cc(C)cn2)cc(C)n1. The summed E-state index contributed by atoms with van der Waals surface area (Å²) in [5, 5.41) is 10.2. The molecule has 2 heterocycles. The van der Waals surface area contributed by atoms with Crippen molar-refractivity contribution >= 4 is 11.7 Å². The van der Waals surface area contributed by atoms with Crippen LogP contribution in [0.4, 0.5) is 5.82 Å². The molecule has 0 aliphatic heterocycles. The molecular weight excluding hydrogens is 266 g/mol. The van der Waals surface area contributed by atoms with Crippen molar-refractivity contribution in [3.63, 3.8) is 0 Å². The monoisotopic (exact) mass is 287 g/mol. The molecule has 0 unspecified atom stereocenters. The highest BCUT2D eigenvalue weighted by atomic mass is 16.1. The van der Waals surface area contributed by atoms with Crippen molar-refractivity contribution in [2.75, 3.05) is 18.4 Å². The molecule has 0 bridgehead atoms. The smallest absolute Gasteiger partial charge is 0.251 e. The Kier molecular flexibility index (Phi) is 4.92. The van der Waals surface area contributed by atoms with Crippen LogP contribution < -0.4 is 10.6 Å². The molecule has 2 N–H and O–H groups in total. The minimum Gasteiger partial charge on any atom is -0.370 e. The number of hydrogen-bond donors (Lipinski definition) is 2. The van der Waals surface area contributed by atoms with Crippen LogP contribution in [0.3, 0.4) is 0 Å². The Morgan fingerprint density at radius 2 is 2.14 bits per heavy atom. The van der Waals surface area contributed by atoms with Gasteiger partial charge in [-0.2, -0.15) is 5.10 Å². The van der Waals surface area contributed by atoms with E-state index < -0.39 is 0 Å². The number of pyridine rings is 1. The molecule has 6 heteroatoms. The Morgan fingerprint density at radius 1 is 1.33 bits per heavy atom. The number of carbonyl (C=O) groups excluding carboxylic acids is 1. The Balaban J connectivity index is 1.93. The second-order valence-corrected chi connectivity index (χ2v) is 4.95. The molecule has 6 nitrogen and oxygen atoms in total. The first-order valence-electron chi connectivity index (χ1n) is 7.08. The van der Waals surface area contributed by atoms with E-state index in [1.165, 1.54) is 0 Å². The largest absolute Gasteiger partial charge is 0.370 e. The molecule has 0 aliphatic carbocycles. The molecule has 21 heavy (non-hydrogen) atoms. The van der Waals surface area contributed by atoms with E-state index in [9.17, 15) is 4.79 Å². The molecule has 0 saturated carbocycles. The predicted octanol–water partition coefficient (Wildman–Crippen LogP) is 1.76. The summed E-state index contributed by atoms with van der Waals surface area (Å²) in [4.78, 5) is 16.5. The summed E-state index contributed by atoms with van der Waals surface area (Å²) in [5.74, 6) is 0.633. The molecule has 2 aromatic heterocycles. The van der Waals surface area contributed by atoms with Crippen LogP contribution in [-0.2, 0) is 6.54 Å². The third-order valence-corrected chi connectivity index (χ3v) is 2.96. The van der Waals surface area contributed by atoms with E-state index in [1.54, 1.807) is 18.3 Å². The minimum absolute atomic E-state index is 0.0940. The Bertz CT molecular complexity index is 620. The van der Waals surface area contributed by atoms with Gasteiger partial charge in [-0.3, -0.25) is 9.48 Å². The standard InChI is InChI=1S/C15H21N5O/c1-4-16-14-8-13(7-12(3)19-14)15(21)17-5-6-20-10-11(2)9-18-20/h7-10H,4-6H2,1-3H3,(H,16,19)(H,17,21). The molecule has 2 rings (SSSR count). The molecule has 112 valence electrons. The third kappa shape index (κ3) is 4.30. The van der Waals surface area contributed by atoms with E-state index in [4.69, 9.17) is 0 Å². The number of carbonyl (C=O) groups is 1. The van der Waals surface area contributed by atoms with Gasteiger partial charge in [-0.1, -0.05) is 0 Å². The topological polar surface area (TPSA) is 71.8 Å². The normalized spacial score (nSPS) is 10.4. The minimum atomic E-state index is -0.0940. The van der Waals surface area contributed by atoms with Crippen molar-refractivity contribution in [3.8, 4) is 0 Å². The van der Waals surface area contributed by atoms with E-state index in [-0.39, 0.29) is 5.91 Å². The highest BCUT2D eigenvalue weighted by Gasteiger charge is 2.08. The van der Waals surface area contributed by atoms with Crippen LogP contribution in [0.1, 0.15) is 28.5 Å². The maximum Gasteiger partial charge on any atom is 0.251 e. The lowest BCUT2D eigenvalue weighted by atomic mass is 10.2. The third-order valence-electron chi connectivity index (χ3n) is 2.96. The van der Waals surface area contributed by atoms with Gasteiger partial charge in [0.25, 0.3) is 5.91 Å². The molecule has 2 aromatic rings. The van der Waals surface area contributed by atoms with Crippen LogP contribution in [0.5, 0.6) is 0 Å². The maximum atomic E-state index is 12.2. The van der Waals surface area contributed by atoms with Gasteiger partial charge in [-0.15, -0.1) is 0 Å². The van der Waals surface area contributed by atoms with Gasteiger partial charge in [0.05, 0.1) is 12.7 Å². The average molecular weight is 287 g/mol. The van der Waals surface area contributed by atoms with E-state index in [0.29, 0.717) is 18.7 Å². The van der Waals surface area contributed by atoms with E-state index in [0.717, 1.165) is 23.6 Å². The molecule has 0 aliphatic rings. The zero-order chi connectivity index (χ0) is 15.2. The Labute approximate surface area is 124 Å². The fourth-order valence-corrected chi connectivity index (χ4v) is 2.05. The number of amides is 1. The zero-order valence-electron chi connectivity index (χ0n) is 12.7. The summed E-state index contributed by atoms with van der Waals surface area (Å²) in [6.07, 6.45) is 3.75. The number of aromatic nitrogens is 3. The molecule has 0 saturated heterocycles. The van der Waals surface area contributed by atoms with Crippen molar-refractivity contribution in [1.29, 1.82) is 0 Å². The molecule has 0 aromatic carbocycles.